The number of aromatic nitrogens is 1. The summed E-state index contributed by atoms with van der Waals surface area (Å²) in [5.74, 6) is -0.212. The quantitative estimate of drug-likeness (QED) is 0.493. The molecule has 4 rings (SSSR count). The van der Waals surface area contributed by atoms with Gasteiger partial charge in [-0.2, -0.15) is 8.42 Å². The highest BCUT2D eigenvalue weighted by molar-refractivity contribution is 7.85. The van der Waals surface area contributed by atoms with Crippen LogP contribution >= 0.6 is 0 Å². The summed E-state index contributed by atoms with van der Waals surface area (Å²) in [6.45, 7) is 0. The van der Waals surface area contributed by atoms with Gasteiger partial charge in [0.2, 0.25) is 0 Å². The van der Waals surface area contributed by atoms with Crippen molar-refractivity contribution in [2.24, 2.45) is 0 Å². The number of carbonyl (C=O) groups is 1. The molecule has 1 aliphatic rings. The van der Waals surface area contributed by atoms with Crippen LogP contribution < -0.4 is 5.32 Å². The SMILES string of the molecule is O=C1Nc2ccccc2C1=Cc1c[nH]c2ccc(S(=O)(=O)O)cc12. The second kappa shape index (κ2) is 5.05. The third-order valence-corrected chi connectivity index (χ3v) is 4.84. The molecule has 1 amide bonds. The van der Waals surface area contributed by atoms with Gasteiger partial charge in [-0.15, -0.1) is 0 Å². The number of hydrogen-bond donors (Lipinski definition) is 3. The molecule has 0 radical (unpaired) electrons. The first-order valence-corrected chi connectivity index (χ1v) is 8.58. The molecule has 2 aromatic carbocycles. The standard InChI is InChI=1S/C17H12N2O4S/c20-17-14(12-3-1-2-4-16(12)19-17)7-10-9-18-15-6-5-11(8-13(10)15)24(21,22)23/h1-9,18H,(H,19,20)(H,21,22,23). The van der Waals surface area contributed by atoms with Gasteiger partial charge in [-0.05, 0) is 30.3 Å². The maximum atomic E-state index is 12.2. The molecule has 3 N–H and O–H groups in total. The van der Waals surface area contributed by atoms with Gasteiger partial charge < -0.3 is 10.3 Å². The van der Waals surface area contributed by atoms with Crippen molar-refractivity contribution >= 4 is 44.3 Å². The van der Waals surface area contributed by atoms with Crippen LogP contribution in [0.2, 0.25) is 0 Å². The van der Waals surface area contributed by atoms with Crippen LogP contribution in [0.4, 0.5) is 5.69 Å². The fourth-order valence-electron chi connectivity index (χ4n) is 2.84. The Morgan fingerprint density at radius 1 is 1.08 bits per heavy atom. The first-order valence-electron chi connectivity index (χ1n) is 7.14. The first kappa shape index (κ1) is 14.7. The Morgan fingerprint density at radius 2 is 1.88 bits per heavy atom. The Balaban J connectivity index is 1.90. The van der Waals surface area contributed by atoms with Crippen LogP contribution in [0.3, 0.4) is 0 Å². The molecule has 1 aromatic heterocycles. The zero-order valence-electron chi connectivity index (χ0n) is 12.3. The van der Waals surface area contributed by atoms with E-state index in [9.17, 15) is 17.8 Å². The molecule has 6 nitrogen and oxygen atoms in total. The first-order chi connectivity index (χ1) is 11.4. The maximum absolute atomic E-state index is 12.2. The minimum atomic E-state index is -4.29. The average Bonchev–Trinajstić information content (AvgIpc) is 3.08. The van der Waals surface area contributed by atoms with E-state index < -0.39 is 10.1 Å². The smallest absolute Gasteiger partial charge is 0.294 e. The molecule has 0 saturated carbocycles. The summed E-state index contributed by atoms with van der Waals surface area (Å²) >= 11 is 0. The molecule has 0 saturated heterocycles. The van der Waals surface area contributed by atoms with Crippen LogP contribution in [-0.2, 0) is 14.9 Å². The van der Waals surface area contributed by atoms with Crippen molar-refractivity contribution in [1.29, 1.82) is 0 Å². The van der Waals surface area contributed by atoms with Gasteiger partial charge in [-0.1, -0.05) is 18.2 Å². The fourth-order valence-corrected chi connectivity index (χ4v) is 3.35. The Bertz CT molecular complexity index is 1130. The molecule has 0 spiro atoms. The van der Waals surface area contributed by atoms with Crippen LogP contribution in [0.25, 0.3) is 22.6 Å². The fraction of sp³-hybridized carbons (Fsp3) is 0. The molecule has 1 aliphatic heterocycles. The van der Waals surface area contributed by atoms with Gasteiger partial charge >= 0.3 is 0 Å². The van der Waals surface area contributed by atoms with E-state index in [0.717, 1.165) is 11.3 Å². The van der Waals surface area contributed by atoms with Gasteiger partial charge in [-0.25, -0.2) is 0 Å². The number of amides is 1. The summed E-state index contributed by atoms with van der Waals surface area (Å²) in [5.41, 5.74) is 3.41. The normalized spacial score (nSPS) is 15.7. The summed E-state index contributed by atoms with van der Waals surface area (Å²) in [5, 5.41) is 3.40. The highest BCUT2D eigenvalue weighted by atomic mass is 32.2. The van der Waals surface area contributed by atoms with Crippen LogP contribution in [0.15, 0.2) is 53.6 Å². The van der Waals surface area contributed by atoms with Crippen molar-refractivity contribution in [3.05, 3.63) is 59.8 Å². The van der Waals surface area contributed by atoms with Crippen LogP contribution in [0, 0.1) is 0 Å². The summed E-state index contributed by atoms with van der Waals surface area (Å²) < 4.78 is 31.9. The molecule has 2 heterocycles. The Labute approximate surface area is 137 Å². The molecule has 0 aliphatic carbocycles. The Morgan fingerprint density at radius 3 is 2.67 bits per heavy atom. The number of H-pyrrole nitrogens is 1. The number of benzene rings is 2. The predicted octanol–water partition coefficient (Wildman–Crippen LogP) is 2.91. The molecular weight excluding hydrogens is 328 g/mol. The van der Waals surface area contributed by atoms with Gasteiger partial charge in [0.1, 0.15) is 0 Å². The van der Waals surface area contributed by atoms with Crippen LogP contribution in [0.5, 0.6) is 0 Å². The Hall–Kier alpha value is -2.90. The van der Waals surface area contributed by atoms with Gasteiger partial charge in [0.25, 0.3) is 16.0 Å². The highest BCUT2D eigenvalue weighted by Crippen LogP contribution is 2.34. The molecule has 7 heteroatoms. The number of carbonyl (C=O) groups excluding carboxylic acids is 1. The number of fused-ring (bicyclic) bond motifs is 2. The molecule has 3 aromatic rings. The van der Waals surface area contributed by atoms with E-state index >= 15 is 0 Å². The lowest BCUT2D eigenvalue weighted by atomic mass is 10.0. The molecule has 0 unspecified atom stereocenters. The number of rotatable bonds is 2. The molecule has 0 bridgehead atoms. The number of nitrogens with one attached hydrogen (secondary N) is 2. The zero-order valence-corrected chi connectivity index (χ0v) is 13.1. The van der Waals surface area contributed by atoms with E-state index in [1.54, 1.807) is 18.3 Å². The summed E-state index contributed by atoms with van der Waals surface area (Å²) in [6.07, 6.45) is 3.40. The summed E-state index contributed by atoms with van der Waals surface area (Å²) in [6, 6.07) is 11.6. The van der Waals surface area contributed by atoms with E-state index in [-0.39, 0.29) is 10.8 Å². The molecule has 24 heavy (non-hydrogen) atoms. The summed E-state index contributed by atoms with van der Waals surface area (Å²) in [7, 11) is -4.29. The van der Waals surface area contributed by atoms with Crippen LogP contribution in [0.1, 0.15) is 11.1 Å². The number of hydrogen-bond acceptors (Lipinski definition) is 3. The predicted molar refractivity (Wildman–Crippen MR) is 91.1 cm³/mol. The van der Waals surface area contributed by atoms with Gasteiger partial charge in [0, 0.05) is 39.5 Å². The maximum Gasteiger partial charge on any atom is 0.294 e. The van der Waals surface area contributed by atoms with Crippen molar-refractivity contribution in [3.63, 3.8) is 0 Å². The molecular formula is C17H12N2O4S. The van der Waals surface area contributed by atoms with E-state index in [1.165, 1.54) is 12.1 Å². The molecule has 120 valence electrons. The third-order valence-electron chi connectivity index (χ3n) is 3.99. The Kier molecular flexibility index (Phi) is 3.09. The van der Waals surface area contributed by atoms with Crippen molar-refractivity contribution in [3.8, 4) is 0 Å². The third kappa shape index (κ3) is 2.31. The van der Waals surface area contributed by atoms with Gasteiger partial charge in [0.05, 0.1) is 4.90 Å². The highest BCUT2D eigenvalue weighted by Gasteiger charge is 2.23. The van der Waals surface area contributed by atoms with Crippen molar-refractivity contribution < 1.29 is 17.8 Å². The van der Waals surface area contributed by atoms with E-state index in [1.807, 2.05) is 24.3 Å². The second-order valence-corrected chi connectivity index (χ2v) is 6.91. The van der Waals surface area contributed by atoms with Crippen molar-refractivity contribution in [1.82, 2.24) is 4.98 Å². The largest absolute Gasteiger partial charge is 0.361 e. The van der Waals surface area contributed by atoms with Crippen molar-refractivity contribution in [2.75, 3.05) is 5.32 Å². The van der Waals surface area contributed by atoms with Gasteiger partial charge in [0.15, 0.2) is 0 Å². The average molecular weight is 340 g/mol. The number of aromatic amines is 1. The van der Waals surface area contributed by atoms with E-state index in [0.29, 0.717) is 22.0 Å². The lowest BCUT2D eigenvalue weighted by Gasteiger charge is -2.00. The lowest BCUT2D eigenvalue weighted by Crippen LogP contribution is -2.03. The van der Waals surface area contributed by atoms with Crippen LogP contribution in [-0.4, -0.2) is 23.9 Å². The monoisotopic (exact) mass is 340 g/mol. The minimum Gasteiger partial charge on any atom is -0.361 e. The second-order valence-electron chi connectivity index (χ2n) is 5.48. The number of para-hydroxylation sites is 1. The van der Waals surface area contributed by atoms with Gasteiger partial charge in [-0.3, -0.25) is 9.35 Å². The molecule has 0 atom stereocenters. The molecule has 0 fully saturated rings. The minimum absolute atomic E-state index is 0.189. The number of anilines is 1. The topological polar surface area (TPSA) is 99.3 Å². The van der Waals surface area contributed by atoms with E-state index in [4.69, 9.17) is 0 Å². The summed E-state index contributed by atoms with van der Waals surface area (Å²) in [4.78, 5) is 15.0. The zero-order chi connectivity index (χ0) is 16.9. The van der Waals surface area contributed by atoms with Crippen molar-refractivity contribution in [2.45, 2.75) is 4.90 Å². The lowest BCUT2D eigenvalue weighted by molar-refractivity contribution is -0.110. The van der Waals surface area contributed by atoms with E-state index in [2.05, 4.69) is 10.3 Å².